The van der Waals surface area contributed by atoms with E-state index in [0.717, 1.165) is 28.2 Å². The monoisotopic (exact) mass is 404 g/mol. The van der Waals surface area contributed by atoms with E-state index in [1.165, 1.54) is 7.11 Å². The number of hydrogen-bond donors (Lipinski definition) is 0. The zero-order valence-corrected chi connectivity index (χ0v) is 17.6. The number of esters is 1. The summed E-state index contributed by atoms with van der Waals surface area (Å²) in [5.74, 6) is -0.826. The van der Waals surface area contributed by atoms with Gasteiger partial charge in [-0.25, -0.2) is 0 Å². The maximum Gasteiger partial charge on any atom is 0.313 e. The Morgan fingerprint density at radius 3 is 1.93 bits per heavy atom. The molecule has 0 unspecified atom stereocenters. The van der Waals surface area contributed by atoms with Gasteiger partial charge in [-0.3, -0.25) is 4.79 Å². The minimum Gasteiger partial charge on any atom is -0.469 e. The zero-order valence-electron chi connectivity index (χ0n) is 16.7. The lowest BCUT2D eigenvalue weighted by molar-refractivity contribution is -0.142. The van der Waals surface area contributed by atoms with Gasteiger partial charge in [-0.05, 0) is 23.5 Å². The molecule has 0 amide bonds. The Kier molecular flexibility index (Phi) is 5.43. The van der Waals surface area contributed by atoms with Crippen LogP contribution in [0.3, 0.4) is 0 Å². The lowest BCUT2D eigenvalue weighted by Crippen LogP contribution is -2.42. The number of methoxy groups -OCH3 is 1. The number of ether oxygens (including phenoxy) is 1. The molecule has 0 radical (unpaired) electrons. The van der Waals surface area contributed by atoms with Crippen LogP contribution in [0.4, 0.5) is 0 Å². The normalized spacial score (nSPS) is 21.2. The van der Waals surface area contributed by atoms with Crippen molar-refractivity contribution in [2.75, 3.05) is 7.11 Å². The average Bonchev–Trinajstić information content (AvgIpc) is 2.78. The van der Waals surface area contributed by atoms with Crippen molar-refractivity contribution in [3.05, 3.63) is 96.1 Å². The fourth-order valence-corrected chi connectivity index (χ4v) is 8.50. The third kappa shape index (κ3) is 3.34. The molecule has 0 N–H and O–H groups in total. The van der Waals surface area contributed by atoms with Gasteiger partial charge in [-0.15, -0.1) is 0 Å². The molecule has 1 aliphatic rings. The summed E-state index contributed by atoms with van der Waals surface area (Å²) in [5, 5.41) is 1.58. The first-order chi connectivity index (χ1) is 14.1. The van der Waals surface area contributed by atoms with E-state index in [0.29, 0.717) is 0 Å². The summed E-state index contributed by atoms with van der Waals surface area (Å²) in [6, 6.07) is 27.2. The zero-order chi connectivity index (χ0) is 20.4. The molecule has 148 valence electrons. The largest absolute Gasteiger partial charge is 0.469 e. The quantitative estimate of drug-likeness (QED) is 0.474. The molecular weight excluding hydrogens is 379 g/mol. The Morgan fingerprint density at radius 2 is 1.38 bits per heavy atom. The first kappa shape index (κ1) is 19.7. The predicted molar refractivity (Wildman–Crippen MR) is 118 cm³/mol. The Hall–Kier alpha value is -2.64. The second-order valence-electron chi connectivity index (χ2n) is 7.70. The molecule has 4 rings (SSSR count). The van der Waals surface area contributed by atoms with Crippen molar-refractivity contribution in [2.45, 2.75) is 24.9 Å². The van der Waals surface area contributed by atoms with Crippen molar-refractivity contribution in [3.8, 4) is 0 Å². The third-order valence-electron chi connectivity index (χ3n) is 6.01. The number of benzene rings is 3. The Morgan fingerprint density at radius 1 is 0.862 bits per heavy atom. The SMILES string of the molecule is COC(=O)[C@H]1c2ccccc2C[C@H](C)[C@@H]1P(=O)(c1ccccc1)c1ccccc1. The van der Waals surface area contributed by atoms with Gasteiger partial charge in [0, 0.05) is 16.3 Å². The Bertz CT molecular complexity index is 1000. The standard InChI is InChI=1S/C25H25O3P/c1-18-17-19-11-9-10-16-22(19)23(25(26)28-2)24(18)29(27,20-12-5-3-6-13-20)21-14-7-4-8-15-21/h3-16,18,23-24H,17H2,1-2H3/t18-,23-,24-/m0/s1. The van der Waals surface area contributed by atoms with Crippen LogP contribution in [0.25, 0.3) is 0 Å². The van der Waals surface area contributed by atoms with Crippen LogP contribution in [0.5, 0.6) is 0 Å². The van der Waals surface area contributed by atoms with Crippen molar-refractivity contribution in [1.29, 1.82) is 0 Å². The molecule has 0 fully saturated rings. The predicted octanol–water partition coefficient (Wildman–Crippen LogP) is 4.52. The van der Waals surface area contributed by atoms with E-state index in [1.807, 2.05) is 78.9 Å². The average molecular weight is 404 g/mol. The molecular formula is C25H25O3P. The number of carbonyl (C=O) groups excluding carboxylic acids is 1. The van der Waals surface area contributed by atoms with E-state index in [4.69, 9.17) is 4.74 Å². The van der Waals surface area contributed by atoms with E-state index in [1.54, 1.807) is 0 Å². The summed E-state index contributed by atoms with van der Waals surface area (Å²) >= 11 is 0. The summed E-state index contributed by atoms with van der Waals surface area (Å²) in [7, 11) is -1.72. The maximum absolute atomic E-state index is 15.0. The Balaban J connectivity index is 1.99. The fourth-order valence-electron chi connectivity index (χ4n) is 4.76. The highest BCUT2D eigenvalue weighted by molar-refractivity contribution is 7.79. The van der Waals surface area contributed by atoms with Gasteiger partial charge in [0.2, 0.25) is 0 Å². The highest BCUT2D eigenvalue weighted by Gasteiger charge is 2.50. The molecule has 0 aromatic heterocycles. The van der Waals surface area contributed by atoms with Gasteiger partial charge >= 0.3 is 5.97 Å². The van der Waals surface area contributed by atoms with Gasteiger partial charge in [0.25, 0.3) is 0 Å². The molecule has 3 nitrogen and oxygen atoms in total. The summed E-state index contributed by atoms with van der Waals surface area (Å²) in [6.45, 7) is 2.11. The topological polar surface area (TPSA) is 43.4 Å². The van der Waals surface area contributed by atoms with Crippen LogP contribution >= 0.6 is 7.14 Å². The first-order valence-corrected chi connectivity index (χ1v) is 11.7. The summed E-state index contributed by atoms with van der Waals surface area (Å²) < 4.78 is 20.2. The molecule has 3 aromatic rings. The van der Waals surface area contributed by atoms with Crippen LogP contribution in [-0.4, -0.2) is 18.7 Å². The summed E-state index contributed by atoms with van der Waals surface area (Å²) in [4.78, 5) is 13.1. The molecule has 29 heavy (non-hydrogen) atoms. The molecule has 0 aliphatic heterocycles. The number of rotatable bonds is 4. The van der Waals surface area contributed by atoms with Crippen molar-refractivity contribution in [2.24, 2.45) is 5.92 Å². The van der Waals surface area contributed by atoms with E-state index in [9.17, 15) is 4.79 Å². The fraction of sp³-hybridized carbons (Fsp3) is 0.240. The number of hydrogen-bond acceptors (Lipinski definition) is 3. The van der Waals surface area contributed by atoms with Crippen molar-refractivity contribution >= 4 is 23.7 Å². The molecule has 0 saturated carbocycles. The van der Waals surface area contributed by atoms with Crippen LogP contribution in [-0.2, 0) is 20.5 Å². The highest BCUT2D eigenvalue weighted by atomic mass is 31.2. The van der Waals surface area contributed by atoms with Crippen LogP contribution < -0.4 is 10.6 Å². The smallest absolute Gasteiger partial charge is 0.313 e. The Labute approximate surface area is 172 Å². The molecule has 0 spiro atoms. The van der Waals surface area contributed by atoms with Gasteiger partial charge in [-0.2, -0.15) is 0 Å². The van der Waals surface area contributed by atoms with E-state index in [2.05, 4.69) is 13.0 Å². The number of fused-ring (bicyclic) bond motifs is 1. The molecule has 0 heterocycles. The van der Waals surface area contributed by atoms with Crippen molar-refractivity contribution < 1.29 is 14.1 Å². The molecule has 0 saturated heterocycles. The lowest BCUT2D eigenvalue weighted by Gasteiger charge is -2.41. The van der Waals surface area contributed by atoms with Gasteiger partial charge < -0.3 is 9.30 Å². The maximum atomic E-state index is 15.0. The van der Waals surface area contributed by atoms with E-state index in [-0.39, 0.29) is 17.5 Å². The van der Waals surface area contributed by atoms with Gasteiger partial charge in [0.05, 0.1) is 13.0 Å². The third-order valence-corrected chi connectivity index (χ3v) is 9.79. The van der Waals surface area contributed by atoms with Crippen molar-refractivity contribution in [3.63, 3.8) is 0 Å². The molecule has 3 aromatic carbocycles. The van der Waals surface area contributed by atoms with Crippen LogP contribution in [0.1, 0.15) is 24.0 Å². The first-order valence-electron chi connectivity index (χ1n) is 9.94. The highest BCUT2D eigenvalue weighted by Crippen LogP contribution is 2.59. The van der Waals surface area contributed by atoms with E-state index >= 15 is 4.57 Å². The lowest BCUT2D eigenvalue weighted by atomic mass is 9.77. The van der Waals surface area contributed by atoms with Crippen LogP contribution in [0, 0.1) is 5.92 Å². The van der Waals surface area contributed by atoms with Gasteiger partial charge in [-0.1, -0.05) is 91.9 Å². The van der Waals surface area contributed by atoms with Crippen molar-refractivity contribution in [1.82, 2.24) is 0 Å². The molecule has 0 bridgehead atoms. The minimum atomic E-state index is -3.14. The van der Waals surface area contributed by atoms with Crippen LogP contribution in [0.15, 0.2) is 84.9 Å². The summed E-state index contributed by atoms with van der Waals surface area (Å²) in [5.41, 5.74) is 1.71. The molecule has 4 heteroatoms. The van der Waals surface area contributed by atoms with E-state index < -0.39 is 13.1 Å². The van der Waals surface area contributed by atoms with Gasteiger partial charge in [0.15, 0.2) is 0 Å². The second kappa shape index (κ2) is 8.00. The van der Waals surface area contributed by atoms with Gasteiger partial charge in [0.1, 0.15) is 7.14 Å². The summed E-state index contributed by atoms with van der Waals surface area (Å²) in [6.07, 6.45) is 0.790. The molecule has 3 atom stereocenters. The number of carbonyl (C=O) groups is 1. The van der Waals surface area contributed by atoms with Crippen LogP contribution in [0.2, 0.25) is 0 Å². The molecule has 1 aliphatic carbocycles. The minimum absolute atomic E-state index is 0.0558. The second-order valence-corrected chi connectivity index (χ2v) is 10.6.